The Balaban J connectivity index is 2.00. The maximum Gasteiger partial charge on any atom is 0.258 e. The van der Waals surface area contributed by atoms with Gasteiger partial charge in [-0.15, -0.1) is 0 Å². The van der Waals surface area contributed by atoms with E-state index < -0.39 is 0 Å². The first-order valence-corrected chi connectivity index (χ1v) is 7.08. The number of nitrogen functional groups attached to an aromatic ring is 1. The molecule has 21 heavy (non-hydrogen) atoms. The van der Waals surface area contributed by atoms with Crippen molar-refractivity contribution in [3.63, 3.8) is 0 Å². The van der Waals surface area contributed by atoms with Gasteiger partial charge in [0.25, 0.3) is 5.91 Å². The number of nitrogens with zero attached hydrogens (tertiary/aromatic N) is 1. The average molecular weight is 325 g/mol. The summed E-state index contributed by atoms with van der Waals surface area (Å²) in [6, 6.07) is 7.40. The van der Waals surface area contributed by atoms with Crippen molar-refractivity contribution in [3.05, 3.63) is 57.3 Å². The van der Waals surface area contributed by atoms with Crippen molar-refractivity contribution in [1.29, 1.82) is 0 Å². The van der Waals surface area contributed by atoms with Crippen LogP contribution in [0.1, 0.15) is 15.9 Å². The van der Waals surface area contributed by atoms with Crippen LogP contribution in [0.15, 0.2) is 30.3 Å². The van der Waals surface area contributed by atoms with E-state index in [-0.39, 0.29) is 27.5 Å². The second-order valence-electron chi connectivity index (χ2n) is 4.83. The van der Waals surface area contributed by atoms with Gasteiger partial charge in [0.1, 0.15) is 5.82 Å². The molecule has 2 aromatic rings. The molecule has 0 radical (unpaired) electrons. The van der Waals surface area contributed by atoms with Gasteiger partial charge >= 0.3 is 0 Å². The molecule has 0 saturated heterocycles. The summed E-state index contributed by atoms with van der Waals surface area (Å²) < 4.78 is 13.4. The summed E-state index contributed by atoms with van der Waals surface area (Å²) in [5, 5.41) is 0.453. The molecule has 6 heteroatoms. The summed E-state index contributed by atoms with van der Waals surface area (Å²) in [7, 11) is 0. The van der Waals surface area contributed by atoms with Crippen molar-refractivity contribution in [1.82, 2.24) is 0 Å². The summed E-state index contributed by atoms with van der Waals surface area (Å²) in [6.45, 7) is 0.497. The quantitative estimate of drug-likeness (QED) is 0.808. The third-order valence-corrected chi connectivity index (χ3v) is 4.14. The van der Waals surface area contributed by atoms with Gasteiger partial charge in [-0.2, -0.15) is 0 Å². The normalized spacial score (nSPS) is 13.4. The minimum Gasteiger partial charge on any atom is -0.396 e. The Labute approximate surface area is 131 Å². The van der Waals surface area contributed by atoms with Gasteiger partial charge in [0.2, 0.25) is 0 Å². The van der Waals surface area contributed by atoms with Gasteiger partial charge in [0.05, 0.1) is 21.4 Å². The Bertz CT molecular complexity index is 725. The number of fused-ring (bicyclic) bond motifs is 1. The monoisotopic (exact) mass is 324 g/mol. The van der Waals surface area contributed by atoms with Gasteiger partial charge in [-0.3, -0.25) is 4.79 Å². The molecule has 1 aliphatic rings. The van der Waals surface area contributed by atoms with Crippen LogP contribution >= 0.6 is 23.2 Å². The summed E-state index contributed by atoms with van der Waals surface area (Å²) in [5.74, 6) is -0.648. The molecule has 108 valence electrons. The minimum absolute atomic E-state index is 0.226. The van der Waals surface area contributed by atoms with E-state index in [0.29, 0.717) is 24.2 Å². The predicted molar refractivity (Wildman–Crippen MR) is 82.7 cm³/mol. The SMILES string of the molecule is Nc1c(Cl)cc(C(=O)N2CCc3ccc(F)cc32)cc1Cl. The fraction of sp³-hybridized carbons (Fsp3) is 0.133. The molecule has 0 aliphatic carbocycles. The smallest absolute Gasteiger partial charge is 0.258 e. The van der Waals surface area contributed by atoms with Crippen LogP contribution in [-0.4, -0.2) is 12.5 Å². The number of carbonyl (C=O) groups is 1. The lowest BCUT2D eigenvalue weighted by molar-refractivity contribution is 0.0989. The number of rotatable bonds is 1. The first kappa shape index (κ1) is 14.2. The van der Waals surface area contributed by atoms with Crippen molar-refractivity contribution in [2.75, 3.05) is 17.2 Å². The molecule has 0 spiro atoms. The van der Waals surface area contributed by atoms with Gasteiger partial charge in [-0.05, 0) is 36.2 Å². The number of nitrogens with two attached hydrogens (primary N) is 1. The molecule has 1 amide bonds. The third kappa shape index (κ3) is 2.45. The average Bonchev–Trinajstić information content (AvgIpc) is 2.86. The largest absolute Gasteiger partial charge is 0.396 e. The summed E-state index contributed by atoms with van der Waals surface area (Å²) in [4.78, 5) is 14.1. The van der Waals surface area contributed by atoms with E-state index >= 15 is 0 Å². The zero-order valence-electron chi connectivity index (χ0n) is 10.9. The number of benzene rings is 2. The predicted octanol–water partition coefficient (Wildman–Crippen LogP) is 3.92. The van der Waals surface area contributed by atoms with Gasteiger partial charge in [-0.25, -0.2) is 4.39 Å². The summed E-state index contributed by atoms with van der Waals surface area (Å²) >= 11 is 11.9. The molecule has 1 aliphatic heterocycles. The van der Waals surface area contributed by atoms with E-state index in [1.165, 1.54) is 29.2 Å². The standard InChI is InChI=1S/C15H11Cl2FN2O/c16-11-5-9(6-12(17)14(11)19)15(21)20-4-3-8-1-2-10(18)7-13(8)20/h1-2,5-7H,3-4,19H2. The van der Waals surface area contributed by atoms with Crippen molar-refractivity contribution >= 4 is 40.5 Å². The number of anilines is 2. The minimum atomic E-state index is -0.373. The topological polar surface area (TPSA) is 46.3 Å². The second-order valence-corrected chi connectivity index (χ2v) is 5.65. The van der Waals surface area contributed by atoms with Crippen molar-refractivity contribution in [2.24, 2.45) is 0 Å². The maximum atomic E-state index is 13.4. The Hall–Kier alpha value is -1.78. The van der Waals surface area contributed by atoms with Crippen LogP contribution in [0.4, 0.5) is 15.8 Å². The fourth-order valence-electron chi connectivity index (χ4n) is 2.43. The Morgan fingerprint density at radius 1 is 1.19 bits per heavy atom. The van der Waals surface area contributed by atoms with Crippen LogP contribution in [0.3, 0.4) is 0 Å². The molecule has 0 atom stereocenters. The van der Waals surface area contributed by atoms with Crippen molar-refractivity contribution < 1.29 is 9.18 Å². The molecule has 3 rings (SSSR count). The number of amides is 1. The highest BCUT2D eigenvalue weighted by atomic mass is 35.5. The highest BCUT2D eigenvalue weighted by Crippen LogP contribution is 2.33. The highest BCUT2D eigenvalue weighted by Gasteiger charge is 2.26. The number of carbonyl (C=O) groups excluding carboxylic acids is 1. The van der Waals surface area contributed by atoms with Crippen LogP contribution in [0.5, 0.6) is 0 Å². The Morgan fingerprint density at radius 3 is 2.52 bits per heavy atom. The van der Waals surface area contributed by atoms with E-state index in [0.717, 1.165) is 5.56 Å². The Kier molecular flexibility index (Phi) is 3.51. The van der Waals surface area contributed by atoms with Crippen molar-refractivity contribution in [3.8, 4) is 0 Å². The highest BCUT2D eigenvalue weighted by molar-refractivity contribution is 6.39. The molecule has 0 fully saturated rings. The summed E-state index contributed by atoms with van der Waals surface area (Å²) in [6.07, 6.45) is 0.692. The zero-order chi connectivity index (χ0) is 15.1. The molecule has 0 bridgehead atoms. The molecule has 2 N–H and O–H groups in total. The third-order valence-electron chi connectivity index (χ3n) is 3.51. The number of halogens is 3. The zero-order valence-corrected chi connectivity index (χ0v) is 12.4. The summed E-state index contributed by atoms with van der Waals surface area (Å²) in [5.41, 5.74) is 7.76. The first-order valence-electron chi connectivity index (χ1n) is 6.32. The molecular formula is C15H11Cl2FN2O. The maximum absolute atomic E-state index is 13.4. The number of hydrogen-bond donors (Lipinski definition) is 1. The van der Waals surface area contributed by atoms with Gasteiger partial charge in [0, 0.05) is 12.1 Å². The van der Waals surface area contributed by atoms with Crippen molar-refractivity contribution in [2.45, 2.75) is 6.42 Å². The lowest BCUT2D eigenvalue weighted by Crippen LogP contribution is -2.29. The van der Waals surface area contributed by atoms with E-state index in [4.69, 9.17) is 28.9 Å². The van der Waals surface area contributed by atoms with Crippen LogP contribution in [0.25, 0.3) is 0 Å². The van der Waals surface area contributed by atoms with Crippen LogP contribution in [-0.2, 0) is 6.42 Å². The van der Waals surface area contributed by atoms with Gasteiger partial charge in [-0.1, -0.05) is 29.3 Å². The Morgan fingerprint density at radius 2 is 1.86 bits per heavy atom. The van der Waals surface area contributed by atoms with Crippen LogP contribution in [0.2, 0.25) is 10.0 Å². The van der Waals surface area contributed by atoms with E-state index in [9.17, 15) is 9.18 Å². The van der Waals surface area contributed by atoms with E-state index in [2.05, 4.69) is 0 Å². The van der Waals surface area contributed by atoms with E-state index in [1.54, 1.807) is 6.07 Å². The lowest BCUT2D eigenvalue weighted by atomic mass is 10.1. The van der Waals surface area contributed by atoms with Crippen LogP contribution < -0.4 is 10.6 Å². The molecule has 3 nitrogen and oxygen atoms in total. The first-order chi connectivity index (χ1) is 9.97. The molecule has 0 unspecified atom stereocenters. The van der Waals surface area contributed by atoms with E-state index in [1.807, 2.05) is 0 Å². The second kappa shape index (κ2) is 5.20. The molecule has 0 saturated carbocycles. The van der Waals surface area contributed by atoms with Gasteiger partial charge in [0.15, 0.2) is 0 Å². The molecule has 1 heterocycles. The molecule has 0 aromatic heterocycles. The van der Waals surface area contributed by atoms with Crippen LogP contribution in [0, 0.1) is 5.82 Å². The molecule has 2 aromatic carbocycles. The fourth-order valence-corrected chi connectivity index (χ4v) is 2.91. The molecular weight excluding hydrogens is 314 g/mol. The lowest BCUT2D eigenvalue weighted by Gasteiger charge is -2.18. The van der Waals surface area contributed by atoms with Gasteiger partial charge < -0.3 is 10.6 Å². The number of hydrogen-bond acceptors (Lipinski definition) is 2.